The van der Waals surface area contributed by atoms with Gasteiger partial charge in [-0.1, -0.05) is 0 Å². The standard InChI is InChI=1S/C11H16F3N3O2S/c1-7-10(6-15-16-7)20(18,19)17-9-4-2-8(3-5-9)11(12,13)14/h6,8-9,17H,2-5H2,1H3,(H,15,16). The van der Waals surface area contributed by atoms with E-state index in [1.54, 1.807) is 6.92 Å². The number of nitrogens with one attached hydrogen (secondary N) is 2. The van der Waals surface area contributed by atoms with Crippen molar-refractivity contribution in [1.82, 2.24) is 14.9 Å². The van der Waals surface area contributed by atoms with Gasteiger partial charge in [0.15, 0.2) is 0 Å². The van der Waals surface area contributed by atoms with E-state index < -0.39 is 28.2 Å². The van der Waals surface area contributed by atoms with E-state index in [1.807, 2.05) is 0 Å². The molecule has 2 rings (SSSR count). The molecule has 0 spiro atoms. The molecule has 9 heteroatoms. The quantitative estimate of drug-likeness (QED) is 0.898. The van der Waals surface area contributed by atoms with Gasteiger partial charge in [-0.05, 0) is 32.6 Å². The second kappa shape index (κ2) is 5.36. The highest BCUT2D eigenvalue weighted by atomic mass is 32.2. The minimum atomic E-state index is -4.19. The SMILES string of the molecule is Cc1[nH]ncc1S(=O)(=O)NC1CCC(C(F)(F)F)CC1. The molecule has 0 aromatic carbocycles. The van der Waals surface area contributed by atoms with Crippen molar-refractivity contribution in [3.05, 3.63) is 11.9 Å². The van der Waals surface area contributed by atoms with Crippen LogP contribution in [-0.2, 0) is 10.0 Å². The molecule has 1 aliphatic carbocycles. The van der Waals surface area contributed by atoms with Crippen LogP contribution in [0.15, 0.2) is 11.1 Å². The topological polar surface area (TPSA) is 74.8 Å². The molecule has 0 bridgehead atoms. The van der Waals surface area contributed by atoms with Crippen molar-refractivity contribution in [2.24, 2.45) is 5.92 Å². The fourth-order valence-electron chi connectivity index (χ4n) is 2.43. The van der Waals surface area contributed by atoms with E-state index in [2.05, 4.69) is 14.9 Å². The third-order valence-corrected chi connectivity index (χ3v) is 5.22. The Kier molecular flexibility index (Phi) is 4.10. The number of sulfonamides is 1. The lowest BCUT2D eigenvalue weighted by molar-refractivity contribution is -0.182. The molecule has 1 aliphatic rings. The maximum absolute atomic E-state index is 12.5. The molecular formula is C11H16F3N3O2S. The molecule has 1 fully saturated rings. The van der Waals surface area contributed by atoms with Crippen molar-refractivity contribution in [3.8, 4) is 0 Å². The number of hydrogen-bond donors (Lipinski definition) is 2. The minimum absolute atomic E-state index is 0.0374. The third-order valence-electron chi connectivity index (χ3n) is 3.59. The minimum Gasteiger partial charge on any atom is -0.281 e. The summed E-state index contributed by atoms with van der Waals surface area (Å²) in [5.41, 5.74) is 0.404. The average Bonchev–Trinajstić information content (AvgIpc) is 2.75. The van der Waals surface area contributed by atoms with E-state index in [4.69, 9.17) is 0 Å². The van der Waals surface area contributed by atoms with Gasteiger partial charge in [-0.15, -0.1) is 0 Å². The van der Waals surface area contributed by atoms with Gasteiger partial charge in [0.2, 0.25) is 10.0 Å². The molecule has 0 unspecified atom stereocenters. The summed E-state index contributed by atoms with van der Waals surface area (Å²) in [5.74, 6) is -1.32. The maximum atomic E-state index is 12.5. The Balaban J connectivity index is 1.98. The third kappa shape index (κ3) is 3.32. The summed E-state index contributed by atoms with van der Waals surface area (Å²) >= 11 is 0. The van der Waals surface area contributed by atoms with Crippen molar-refractivity contribution in [3.63, 3.8) is 0 Å². The second-order valence-corrected chi connectivity index (χ2v) is 6.75. The number of halogens is 3. The molecule has 20 heavy (non-hydrogen) atoms. The van der Waals surface area contributed by atoms with Crippen LogP contribution in [0, 0.1) is 12.8 Å². The van der Waals surface area contributed by atoms with Crippen LogP contribution in [0.1, 0.15) is 31.4 Å². The average molecular weight is 311 g/mol. The van der Waals surface area contributed by atoms with Crippen LogP contribution >= 0.6 is 0 Å². The number of aryl methyl sites for hydroxylation is 1. The van der Waals surface area contributed by atoms with E-state index in [9.17, 15) is 21.6 Å². The number of nitrogens with zero attached hydrogens (tertiary/aromatic N) is 1. The number of alkyl halides is 3. The molecule has 1 heterocycles. The lowest BCUT2D eigenvalue weighted by Gasteiger charge is -2.30. The predicted octanol–water partition coefficient (Wildman–Crippen LogP) is 2.12. The van der Waals surface area contributed by atoms with Gasteiger partial charge in [0.25, 0.3) is 0 Å². The van der Waals surface area contributed by atoms with Gasteiger partial charge in [-0.25, -0.2) is 13.1 Å². The van der Waals surface area contributed by atoms with Gasteiger partial charge < -0.3 is 0 Å². The van der Waals surface area contributed by atoms with Crippen LogP contribution in [0.25, 0.3) is 0 Å². The summed E-state index contributed by atoms with van der Waals surface area (Å²) in [6.45, 7) is 1.57. The normalized spacial score (nSPS) is 24.8. The lowest BCUT2D eigenvalue weighted by Crippen LogP contribution is -2.40. The highest BCUT2D eigenvalue weighted by Gasteiger charge is 2.42. The van der Waals surface area contributed by atoms with Crippen molar-refractivity contribution in [2.45, 2.75) is 49.7 Å². The molecule has 0 saturated heterocycles. The van der Waals surface area contributed by atoms with Gasteiger partial charge in [0, 0.05) is 6.04 Å². The number of aromatic nitrogens is 2. The number of rotatable bonds is 3. The van der Waals surface area contributed by atoms with Gasteiger partial charge in [0.05, 0.1) is 17.8 Å². The van der Waals surface area contributed by atoms with Crippen LogP contribution in [0.4, 0.5) is 13.2 Å². The Bertz CT molecular complexity index is 560. The molecule has 0 radical (unpaired) electrons. The maximum Gasteiger partial charge on any atom is 0.391 e. The predicted molar refractivity (Wildman–Crippen MR) is 65.4 cm³/mol. The van der Waals surface area contributed by atoms with Gasteiger partial charge in [-0.2, -0.15) is 18.3 Å². The van der Waals surface area contributed by atoms with Crippen LogP contribution in [0.5, 0.6) is 0 Å². The molecule has 0 aliphatic heterocycles. The molecule has 2 N–H and O–H groups in total. The zero-order chi connectivity index (χ0) is 15.0. The molecule has 1 aromatic heterocycles. The van der Waals surface area contributed by atoms with Gasteiger partial charge >= 0.3 is 6.18 Å². The molecular weight excluding hydrogens is 295 g/mol. The first-order chi connectivity index (χ1) is 9.20. The smallest absolute Gasteiger partial charge is 0.281 e. The number of aromatic amines is 1. The summed E-state index contributed by atoms with van der Waals surface area (Å²) in [5, 5.41) is 6.15. The van der Waals surface area contributed by atoms with E-state index in [0.717, 1.165) is 0 Å². The summed E-state index contributed by atoms with van der Waals surface area (Å²) < 4.78 is 64.2. The van der Waals surface area contributed by atoms with Crippen LogP contribution in [0.2, 0.25) is 0 Å². The second-order valence-electron chi connectivity index (χ2n) is 5.07. The Hall–Kier alpha value is -1.09. The van der Waals surface area contributed by atoms with E-state index in [1.165, 1.54) is 6.20 Å². The van der Waals surface area contributed by atoms with E-state index in [-0.39, 0.29) is 30.6 Å². The summed E-state index contributed by atoms with van der Waals surface area (Å²) in [4.78, 5) is 0.0374. The van der Waals surface area contributed by atoms with Crippen molar-refractivity contribution in [1.29, 1.82) is 0 Å². The summed E-state index contributed by atoms with van der Waals surface area (Å²) in [6.07, 6.45) is -2.69. The molecule has 0 atom stereocenters. The van der Waals surface area contributed by atoms with Crippen LogP contribution in [0.3, 0.4) is 0 Å². The van der Waals surface area contributed by atoms with Crippen molar-refractivity contribution >= 4 is 10.0 Å². The lowest BCUT2D eigenvalue weighted by atomic mass is 9.86. The van der Waals surface area contributed by atoms with E-state index >= 15 is 0 Å². The Morgan fingerprint density at radius 3 is 2.35 bits per heavy atom. The van der Waals surface area contributed by atoms with Crippen molar-refractivity contribution < 1.29 is 21.6 Å². The fraction of sp³-hybridized carbons (Fsp3) is 0.727. The highest BCUT2D eigenvalue weighted by molar-refractivity contribution is 7.89. The van der Waals surface area contributed by atoms with Crippen molar-refractivity contribution in [2.75, 3.05) is 0 Å². The van der Waals surface area contributed by atoms with Crippen LogP contribution < -0.4 is 4.72 Å². The number of hydrogen-bond acceptors (Lipinski definition) is 3. The first-order valence-corrected chi connectivity index (χ1v) is 7.77. The largest absolute Gasteiger partial charge is 0.391 e. The highest BCUT2D eigenvalue weighted by Crippen LogP contribution is 2.37. The fourth-order valence-corrected chi connectivity index (χ4v) is 3.87. The monoisotopic (exact) mass is 311 g/mol. The van der Waals surface area contributed by atoms with Crippen LogP contribution in [-0.4, -0.2) is 30.8 Å². The molecule has 0 amide bonds. The molecule has 5 nitrogen and oxygen atoms in total. The zero-order valence-corrected chi connectivity index (χ0v) is 11.7. The molecule has 1 aromatic rings. The summed E-state index contributed by atoms with van der Waals surface area (Å²) in [6, 6.07) is -0.451. The first-order valence-electron chi connectivity index (χ1n) is 6.29. The van der Waals surface area contributed by atoms with Gasteiger partial charge in [0.1, 0.15) is 4.90 Å². The Morgan fingerprint density at radius 2 is 1.90 bits per heavy atom. The summed E-state index contributed by atoms with van der Waals surface area (Å²) in [7, 11) is -3.73. The van der Waals surface area contributed by atoms with E-state index in [0.29, 0.717) is 5.69 Å². The zero-order valence-electron chi connectivity index (χ0n) is 10.9. The Labute approximate surface area is 115 Å². The van der Waals surface area contributed by atoms with Gasteiger partial charge in [-0.3, -0.25) is 5.10 Å². The molecule has 1 saturated carbocycles. The number of H-pyrrole nitrogens is 1. The molecule has 114 valence electrons. The Morgan fingerprint density at radius 1 is 1.30 bits per heavy atom. The first kappa shape index (κ1) is 15.3.